The van der Waals surface area contributed by atoms with Crippen molar-refractivity contribution in [1.29, 1.82) is 0 Å². The Morgan fingerprint density at radius 1 is 1.50 bits per heavy atom. The molecule has 0 saturated heterocycles. The number of carbonyl (C=O) groups excluding carboxylic acids is 1. The molecular weight excluding hydrogens is 216 g/mol. The van der Waals surface area contributed by atoms with E-state index in [0.717, 1.165) is 6.07 Å². The summed E-state index contributed by atoms with van der Waals surface area (Å²) in [6.45, 7) is 1.39. The molecule has 0 spiro atoms. The zero-order valence-electron chi connectivity index (χ0n) is 8.76. The SMILES string of the molecule is Cc1ccc(F)c(NCC(N)C(N)=O)c1F. The summed E-state index contributed by atoms with van der Waals surface area (Å²) in [4.78, 5) is 10.6. The van der Waals surface area contributed by atoms with Gasteiger partial charge in [0.2, 0.25) is 5.91 Å². The summed E-state index contributed by atoms with van der Waals surface area (Å²) in [7, 11) is 0. The first-order valence-electron chi connectivity index (χ1n) is 4.67. The lowest BCUT2D eigenvalue weighted by Crippen LogP contribution is -2.42. The molecule has 0 radical (unpaired) electrons. The van der Waals surface area contributed by atoms with E-state index < -0.39 is 23.6 Å². The van der Waals surface area contributed by atoms with E-state index in [9.17, 15) is 13.6 Å². The molecule has 1 aromatic carbocycles. The van der Waals surface area contributed by atoms with Gasteiger partial charge in [0.15, 0.2) is 5.82 Å². The van der Waals surface area contributed by atoms with Crippen LogP contribution in [0, 0.1) is 18.6 Å². The van der Waals surface area contributed by atoms with E-state index in [-0.39, 0.29) is 12.2 Å². The number of benzene rings is 1. The maximum Gasteiger partial charge on any atom is 0.236 e. The standard InChI is InChI=1S/C10H13F2N3O/c1-5-2-3-6(11)9(8(5)12)15-4-7(13)10(14)16/h2-3,7,15H,4,13H2,1H3,(H2,14,16). The number of rotatable bonds is 4. The van der Waals surface area contributed by atoms with Crippen molar-refractivity contribution in [3.8, 4) is 0 Å². The van der Waals surface area contributed by atoms with Gasteiger partial charge in [-0.2, -0.15) is 0 Å². The molecule has 16 heavy (non-hydrogen) atoms. The van der Waals surface area contributed by atoms with Gasteiger partial charge in [0.1, 0.15) is 17.5 Å². The number of nitrogens with two attached hydrogens (primary N) is 2. The molecule has 0 saturated carbocycles. The highest BCUT2D eigenvalue weighted by Gasteiger charge is 2.14. The molecule has 1 atom stereocenters. The van der Waals surface area contributed by atoms with Crippen molar-refractivity contribution in [3.63, 3.8) is 0 Å². The van der Waals surface area contributed by atoms with Crippen LogP contribution < -0.4 is 16.8 Å². The molecule has 1 unspecified atom stereocenters. The summed E-state index contributed by atoms with van der Waals surface area (Å²) in [6, 6.07) is 1.47. The molecule has 1 amide bonds. The normalized spacial score (nSPS) is 12.2. The fraction of sp³-hybridized carbons (Fsp3) is 0.300. The van der Waals surface area contributed by atoms with Crippen LogP contribution in [0.25, 0.3) is 0 Å². The van der Waals surface area contributed by atoms with Gasteiger partial charge in [0.25, 0.3) is 0 Å². The first-order chi connectivity index (χ1) is 7.43. The summed E-state index contributed by atoms with van der Waals surface area (Å²) in [5, 5.41) is 2.43. The van der Waals surface area contributed by atoms with Crippen molar-refractivity contribution in [2.24, 2.45) is 11.5 Å². The lowest BCUT2D eigenvalue weighted by atomic mass is 10.2. The maximum atomic E-state index is 13.5. The van der Waals surface area contributed by atoms with Crippen LogP contribution in [0.3, 0.4) is 0 Å². The Bertz CT molecular complexity index is 409. The van der Waals surface area contributed by atoms with E-state index in [2.05, 4.69) is 5.32 Å². The second-order valence-electron chi connectivity index (χ2n) is 3.44. The molecule has 0 aromatic heterocycles. The number of primary amides is 1. The van der Waals surface area contributed by atoms with Gasteiger partial charge in [-0.25, -0.2) is 8.78 Å². The number of carbonyl (C=O) groups is 1. The quantitative estimate of drug-likeness (QED) is 0.703. The number of halogens is 2. The summed E-state index contributed by atoms with van der Waals surface area (Å²) in [5.41, 5.74) is 10.2. The lowest BCUT2D eigenvalue weighted by Gasteiger charge is -2.12. The molecule has 0 aliphatic rings. The predicted octanol–water partition coefficient (Wildman–Crippen LogP) is 0.498. The molecule has 88 valence electrons. The summed E-state index contributed by atoms with van der Waals surface area (Å²) in [5.74, 6) is -2.17. The third-order valence-electron chi connectivity index (χ3n) is 2.15. The van der Waals surface area contributed by atoms with Crippen LogP contribution in [-0.2, 0) is 4.79 Å². The summed E-state index contributed by atoms with van der Waals surface area (Å²) >= 11 is 0. The van der Waals surface area contributed by atoms with Crippen molar-refractivity contribution in [1.82, 2.24) is 0 Å². The van der Waals surface area contributed by atoms with Crippen molar-refractivity contribution >= 4 is 11.6 Å². The minimum absolute atomic E-state index is 0.118. The van der Waals surface area contributed by atoms with E-state index in [1.54, 1.807) is 0 Å². The Morgan fingerprint density at radius 2 is 2.12 bits per heavy atom. The number of nitrogens with one attached hydrogen (secondary N) is 1. The van der Waals surface area contributed by atoms with Crippen molar-refractivity contribution in [2.45, 2.75) is 13.0 Å². The number of amides is 1. The molecule has 6 heteroatoms. The molecule has 4 nitrogen and oxygen atoms in total. The average Bonchev–Trinajstić information content (AvgIpc) is 2.23. The second kappa shape index (κ2) is 4.89. The first kappa shape index (κ1) is 12.4. The van der Waals surface area contributed by atoms with Gasteiger partial charge in [-0.3, -0.25) is 4.79 Å². The third kappa shape index (κ3) is 2.66. The molecule has 0 aliphatic carbocycles. The largest absolute Gasteiger partial charge is 0.378 e. The van der Waals surface area contributed by atoms with E-state index in [1.807, 2.05) is 0 Å². The van der Waals surface area contributed by atoms with Gasteiger partial charge in [-0.1, -0.05) is 6.07 Å². The van der Waals surface area contributed by atoms with Crippen LogP contribution in [0.5, 0.6) is 0 Å². The number of aryl methyl sites for hydroxylation is 1. The van der Waals surface area contributed by atoms with Gasteiger partial charge in [0, 0.05) is 6.54 Å². The molecule has 0 fully saturated rings. The van der Waals surface area contributed by atoms with Gasteiger partial charge in [0.05, 0.1) is 0 Å². The molecule has 0 heterocycles. The van der Waals surface area contributed by atoms with Crippen LogP contribution in [-0.4, -0.2) is 18.5 Å². The van der Waals surface area contributed by atoms with Gasteiger partial charge in [-0.05, 0) is 18.6 Å². The molecule has 5 N–H and O–H groups in total. The molecule has 1 rings (SSSR count). The topological polar surface area (TPSA) is 81.1 Å². The Morgan fingerprint density at radius 3 is 2.69 bits per heavy atom. The first-order valence-corrected chi connectivity index (χ1v) is 4.67. The van der Waals surface area contributed by atoms with Crippen LogP contribution in [0.1, 0.15) is 5.56 Å². The van der Waals surface area contributed by atoms with Crippen LogP contribution in [0.2, 0.25) is 0 Å². The van der Waals surface area contributed by atoms with E-state index in [0.29, 0.717) is 5.56 Å². The highest BCUT2D eigenvalue weighted by molar-refractivity contribution is 5.80. The zero-order chi connectivity index (χ0) is 12.3. The Kier molecular flexibility index (Phi) is 3.78. The fourth-order valence-corrected chi connectivity index (χ4v) is 1.13. The van der Waals surface area contributed by atoms with Gasteiger partial charge < -0.3 is 16.8 Å². The van der Waals surface area contributed by atoms with Crippen molar-refractivity contribution in [3.05, 3.63) is 29.3 Å². The zero-order valence-corrected chi connectivity index (χ0v) is 8.76. The Balaban J connectivity index is 2.81. The molecule has 0 bridgehead atoms. The van der Waals surface area contributed by atoms with E-state index in [4.69, 9.17) is 11.5 Å². The lowest BCUT2D eigenvalue weighted by molar-refractivity contribution is -0.118. The molecular formula is C10H13F2N3O. The van der Waals surface area contributed by atoms with Gasteiger partial charge in [-0.15, -0.1) is 0 Å². The van der Waals surface area contributed by atoms with Gasteiger partial charge >= 0.3 is 0 Å². The minimum Gasteiger partial charge on any atom is -0.378 e. The number of hydrogen-bond donors (Lipinski definition) is 3. The predicted molar refractivity (Wildman–Crippen MR) is 56.8 cm³/mol. The smallest absolute Gasteiger partial charge is 0.236 e. The van der Waals surface area contributed by atoms with Crippen LogP contribution >= 0.6 is 0 Å². The Labute approximate surface area is 91.6 Å². The average molecular weight is 229 g/mol. The van der Waals surface area contributed by atoms with Crippen LogP contribution in [0.4, 0.5) is 14.5 Å². The monoisotopic (exact) mass is 229 g/mol. The molecule has 1 aromatic rings. The summed E-state index contributed by atoms with van der Waals surface area (Å²) < 4.78 is 26.7. The third-order valence-corrected chi connectivity index (χ3v) is 2.15. The second-order valence-corrected chi connectivity index (χ2v) is 3.44. The fourth-order valence-electron chi connectivity index (χ4n) is 1.13. The molecule has 0 aliphatic heterocycles. The highest BCUT2D eigenvalue weighted by Crippen LogP contribution is 2.21. The van der Waals surface area contributed by atoms with Crippen molar-refractivity contribution in [2.75, 3.05) is 11.9 Å². The maximum absolute atomic E-state index is 13.5. The van der Waals surface area contributed by atoms with E-state index >= 15 is 0 Å². The summed E-state index contributed by atoms with van der Waals surface area (Å²) in [6.07, 6.45) is 0. The van der Waals surface area contributed by atoms with Crippen molar-refractivity contribution < 1.29 is 13.6 Å². The highest BCUT2D eigenvalue weighted by atomic mass is 19.1. The Hall–Kier alpha value is -1.69. The van der Waals surface area contributed by atoms with E-state index in [1.165, 1.54) is 13.0 Å². The minimum atomic E-state index is -0.987. The number of anilines is 1. The van der Waals surface area contributed by atoms with Crippen LogP contribution in [0.15, 0.2) is 12.1 Å². The number of hydrogen-bond acceptors (Lipinski definition) is 3.